The molecule has 0 radical (unpaired) electrons. The smallest absolute Gasteiger partial charge is 0.416 e. The van der Waals surface area contributed by atoms with Crippen molar-refractivity contribution >= 4 is 11.9 Å². The minimum atomic E-state index is -4.32. The summed E-state index contributed by atoms with van der Waals surface area (Å²) in [6.07, 6.45) is -2.09. The van der Waals surface area contributed by atoms with Crippen molar-refractivity contribution in [3.63, 3.8) is 0 Å². The van der Waals surface area contributed by atoms with Crippen LogP contribution >= 0.6 is 0 Å². The monoisotopic (exact) mass is 541 g/mol. The number of alkyl halides is 3. The first-order valence-electron chi connectivity index (χ1n) is 12.7. The third kappa shape index (κ3) is 7.04. The maximum absolute atomic E-state index is 12.9. The lowest BCUT2D eigenvalue weighted by Gasteiger charge is -2.53. The molecule has 6 nitrogen and oxygen atoms in total. The first-order chi connectivity index (χ1) is 18.6. The lowest BCUT2D eigenvalue weighted by atomic mass is 9.72. The summed E-state index contributed by atoms with van der Waals surface area (Å²) < 4.78 is 45.3. The van der Waals surface area contributed by atoms with Crippen molar-refractivity contribution in [2.75, 3.05) is 13.1 Å². The van der Waals surface area contributed by atoms with Crippen LogP contribution in [0.5, 0.6) is 0 Å². The second-order valence-corrected chi connectivity index (χ2v) is 9.74. The quantitative estimate of drug-likeness (QED) is 0.391. The van der Waals surface area contributed by atoms with Gasteiger partial charge in [0.25, 0.3) is 0 Å². The summed E-state index contributed by atoms with van der Waals surface area (Å²) in [6.45, 7) is 2.44. The van der Waals surface area contributed by atoms with Gasteiger partial charge in [-0.2, -0.15) is 13.2 Å². The number of fused-ring (bicyclic) bond motifs is 3. The Labute approximate surface area is 224 Å². The van der Waals surface area contributed by atoms with Gasteiger partial charge in [-0.25, -0.2) is 9.59 Å². The van der Waals surface area contributed by atoms with Crippen molar-refractivity contribution in [2.45, 2.75) is 43.7 Å². The zero-order valence-electron chi connectivity index (χ0n) is 21.1. The highest BCUT2D eigenvalue weighted by Crippen LogP contribution is 2.43. The normalized spacial score (nSPS) is 22.2. The van der Waals surface area contributed by atoms with Gasteiger partial charge in [-0.1, -0.05) is 72.8 Å². The molecule has 3 aliphatic heterocycles. The molecule has 3 aliphatic rings. The molecule has 206 valence electrons. The number of piperidine rings is 3. The number of ether oxygens (including phenoxy) is 1. The van der Waals surface area contributed by atoms with Crippen LogP contribution < -0.4 is 0 Å². The Balaban J connectivity index is 0.000000531. The summed E-state index contributed by atoms with van der Waals surface area (Å²) in [5.74, 6) is -3.01. The zero-order valence-corrected chi connectivity index (χ0v) is 21.1. The van der Waals surface area contributed by atoms with E-state index in [1.54, 1.807) is 0 Å². The summed E-state index contributed by atoms with van der Waals surface area (Å²) in [6, 6.07) is 26.7. The molecular weight excluding hydrogens is 511 g/mol. The molecule has 3 aromatic carbocycles. The van der Waals surface area contributed by atoms with Gasteiger partial charge in [-0.15, -0.1) is 0 Å². The predicted octanol–water partition coefficient (Wildman–Crippen LogP) is 5.67. The lowest BCUT2D eigenvalue weighted by molar-refractivity contribution is -0.159. The Morgan fingerprint density at radius 2 is 1.31 bits per heavy atom. The van der Waals surface area contributed by atoms with Crippen molar-refractivity contribution in [3.8, 4) is 0 Å². The third-order valence-electron chi connectivity index (χ3n) is 7.36. The van der Waals surface area contributed by atoms with Gasteiger partial charge in [-0.3, -0.25) is 4.90 Å². The number of carboxylic acids is 2. The number of nitrogens with zero attached hydrogens (tertiary/aromatic N) is 1. The summed E-state index contributed by atoms with van der Waals surface area (Å²) in [7, 11) is 0. The topological polar surface area (TPSA) is 87.1 Å². The molecule has 0 aliphatic carbocycles. The number of aliphatic carboxylic acids is 2. The summed E-state index contributed by atoms with van der Waals surface area (Å²) in [4.78, 5) is 20.8. The number of hydrogen-bond acceptors (Lipinski definition) is 4. The van der Waals surface area contributed by atoms with Gasteiger partial charge in [0.2, 0.25) is 0 Å². The Kier molecular flexibility index (Phi) is 9.04. The molecule has 39 heavy (non-hydrogen) atoms. The SMILES string of the molecule is FC(F)(F)c1ccc(COC2C3CCN(CC3)C2C(c2ccccc2)c2ccccc2)cc1.O=C(O)C(=O)O. The van der Waals surface area contributed by atoms with Crippen LogP contribution in [0.3, 0.4) is 0 Å². The molecule has 3 saturated heterocycles. The predicted molar refractivity (Wildman–Crippen MR) is 138 cm³/mol. The van der Waals surface area contributed by atoms with Crippen molar-refractivity contribution in [3.05, 3.63) is 107 Å². The Hall–Kier alpha value is -3.69. The zero-order chi connectivity index (χ0) is 28.0. The van der Waals surface area contributed by atoms with E-state index in [1.807, 2.05) is 12.1 Å². The van der Waals surface area contributed by atoms with E-state index in [2.05, 4.69) is 53.4 Å². The van der Waals surface area contributed by atoms with Gasteiger partial charge in [0.1, 0.15) is 0 Å². The van der Waals surface area contributed by atoms with E-state index in [0.29, 0.717) is 12.5 Å². The number of benzene rings is 3. The molecule has 9 heteroatoms. The molecule has 0 saturated carbocycles. The van der Waals surface area contributed by atoms with Gasteiger partial charge in [0.15, 0.2) is 0 Å². The van der Waals surface area contributed by atoms with E-state index in [9.17, 15) is 13.2 Å². The molecule has 2 unspecified atom stereocenters. The van der Waals surface area contributed by atoms with Gasteiger partial charge in [0, 0.05) is 12.0 Å². The van der Waals surface area contributed by atoms with E-state index in [-0.39, 0.29) is 18.1 Å². The Bertz CT molecular complexity index is 1180. The minimum absolute atomic E-state index is 0.0280. The van der Waals surface area contributed by atoms with Gasteiger partial charge in [-0.05, 0) is 60.7 Å². The summed E-state index contributed by atoms with van der Waals surface area (Å²) in [5.41, 5.74) is 2.68. The van der Waals surface area contributed by atoms with Gasteiger partial charge < -0.3 is 14.9 Å². The number of hydrogen-bond donors (Lipinski definition) is 2. The molecular formula is C30H30F3NO5. The molecule has 0 amide bonds. The molecule has 2 atom stereocenters. The lowest BCUT2D eigenvalue weighted by Crippen LogP contribution is -2.60. The molecule has 2 bridgehead atoms. The van der Waals surface area contributed by atoms with Crippen molar-refractivity contribution in [2.24, 2.45) is 5.92 Å². The second kappa shape index (κ2) is 12.4. The van der Waals surface area contributed by atoms with Crippen molar-refractivity contribution in [1.82, 2.24) is 4.90 Å². The van der Waals surface area contributed by atoms with Crippen LogP contribution in [0.25, 0.3) is 0 Å². The highest BCUT2D eigenvalue weighted by Gasteiger charge is 2.47. The van der Waals surface area contributed by atoms with Crippen LogP contribution in [0.1, 0.15) is 41.0 Å². The van der Waals surface area contributed by atoms with E-state index in [1.165, 1.54) is 23.3 Å². The molecule has 0 spiro atoms. The maximum Gasteiger partial charge on any atom is 0.416 e. The number of carboxylic acid groups (broad SMARTS) is 2. The van der Waals surface area contributed by atoms with Crippen LogP contribution in [0.2, 0.25) is 0 Å². The van der Waals surface area contributed by atoms with Crippen molar-refractivity contribution in [1.29, 1.82) is 0 Å². The fourth-order valence-electron chi connectivity index (χ4n) is 5.56. The maximum atomic E-state index is 12.9. The highest BCUT2D eigenvalue weighted by molar-refractivity contribution is 6.27. The van der Waals surface area contributed by atoms with Gasteiger partial charge in [0.05, 0.1) is 18.3 Å². The van der Waals surface area contributed by atoms with E-state index in [0.717, 1.165) is 43.6 Å². The van der Waals surface area contributed by atoms with Crippen LogP contribution in [0.4, 0.5) is 13.2 Å². The molecule has 6 rings (SSSR count). The molecule has 3 heterocycles. The second-order valence-electron chi connectivity index (χ2n) is 9.74. The summed E-state index contributed by atoms with van der Waals surface area (Å²) in [5, 5.41) is 14.8. The van der Waals surface area contributed by atoms with Crippen LogP contribution in [0.15, 0.2) is 84.9 Å². The van der Waals surface area contributed by atoms with Crippen LogP contribution in [0, 0.1) is 5.92 Å². The molecule has 3 aromatic rings. The largest absolute Gasteiger partial charge is 0.473 e. The van der Waals surface area contributed by atoms with E-state index in [4.69, 9.17) is 24.5 Å². The van der Waals surface area contributed by atoms with Crippen LogP contribution in [-0.2, 0) is 27.1 Å². The van der Waals surface area contributed by atoms with Crippen molar-refractivity contribution < 1.29 is 37.7 Å². The Morgan fingerprint density at radius 1 is 0.821 bits per heavy atom. The van der Waals surface area contributed by atoms with E-state index < -0.39 is 23.7 Å². The van der Waals surface area contributed by atoms with E-state index >= 15 is 0 Å². The standard InChI is InChI=1S/C28H28F3NO.C2H2O4/c29-28(30,31)24-13-11-20(12-14-24)19-33-27-23-15-17-32(18-16-23)26(27)25(21-7-3-1-4-8-21)22-9-5-2-6-10-22;3-1(4)2(5)6/h1-14,23,25-27H,15-19H2;(H,3,4)(H,5,6). The van der Waals surface area contributed by atoms with Crippen LogP contribution in [-0.4, -0.2) is 52.3 Å². The third-order valence-corrected chi connectivity index (χ3v) is 7.36. The molecule has 0 aromatic heterocycles. The minimum Gasteiger partial charge on any atom is -0.473 e. The molecule has 2 N–H and O–H groups in total. The summed E-state index contributed by atoms with van der Waals surface area (Å²) >= 11 is 0. The number of carbonyl (C=O) groups is 2. The highest BCUT2D eigenvalue weighted by atomic mass is 19.4. The average molecular weight is 542 g/mol. The number of halogens is 3. The Morgan fingerprint density at radius 3 is 1.74 bits per heavy atom. The first-order valence-corrected chi connectivity index (χ1v) is 12.7. The fourth-order valence-corrected chi connectivity index (χ4v) is 5.56. The fraction of sp³-hybridized carbons (Fsp3) is 0.333. The average Bonchev–Trinajstić information content (AvgIpc) is 2.94. The van der Waals surface area contributed by atoms with Gasteiger partial charge >= 0.3 is 18.1 Å². The number of rotatable bonds is 6. The first kappa shape index (κ1) is 28.3. The molecule has 3 fully saturated rings.